The number of nitrogens with one attached hydrogen (secondary N) is 1. The van der Waals surface area contributed by atoms with Gasteiger partial charge in [-0.1, -0.05) is 231 Å². The number of hydrogen-bond donors (Lipinski definition) is 3. The molecule has 0 radical (unpaired) electrons. The number of allylic oxidation sites excluding steroid dienone is 6. The minimum Gasteiger partial charge on any atom is -0.462 e. The van der Waals surface area contributed by atoms with Crippen molar-refractivity contribution in [1.29, 1.82) is 0 Å². The van der Waals surface area contributed by atoms with Gasteiger partial charge in [0.05, 0.1) is 25.2 Å². The Morgan fingerprint density at radius 2 is 0.879 bits per heavy atom. The van der Waals surface area contributed by atoms with Gasteiger partial charge in [-0.15, -0.1) is 0 Å². The molecule has 0 aliphatic heterocycles. The highest BCUT2D eigenvalue weighted by molar-refractivity contribution is 5.77. The van der Waals surface area contributed by atoms with E-state index in [0.29, 0.717) is 19.3 Å². The largest absolute Gasteiger partial charge is 0.462 e. The normalized spacial score (nSPS) is 13.5. The Morgan fingerprint density at radius 3 is 1.31 bits per heavy atom. The third-order valence-corrected chi connectivity index (χ3v) is 11.5. The molecule has 1 amide bonds. The quantitative estimate of drug-likeness (QED) is 0.0323. The number of carbonyl (C=O) groups excluding carboxylic acids is 2. The fourth-order valence-electron chi connectivity index (χ4n) is 7.67. The lowest BCUT2D eigenvalue weighted by atomic mass is 10.0. The van der Waals surface area contributed by atoms with Crippen LogP contribution in [0.3, 0.4) is 0 Å². The summed E-state index contributed by atoms with van der Waals surface area (Å²) in [6, 6.07) is -0.701. The van der Waals surface area contributed by atoms with Crippen LogP contribution in [0.4, 0.5) is 0 Å². The maximum absolute atomic E-state index is 13.1. The fraction of sp³-hybridized carbons (Fsp3) is 0.846. The monoisotopic (exact) mass is 816 g/mol. The van der Waals surface area contributed by atoms with Gasteiger partial charge < -0.3 is 20.3 Å². The first-order chi connectivity index (χ1) is 28.5. The van der Waals surface area contributed by atoms with E-state index in [0.717, 1.165) is 70.6 Å². The number of rotatable bonds is 45. The molecular weight excluding hydrogens is 719 g/mol. The Balaban J connectivity index is 4.53. The molecule has 0 heterocycles. The first-order valence-corrected chi connectivity index (χ1v) is 25.2. The first-order valence-electron chi connectivity index (χ1n) is 25.2. The van der Waals surface area contributed by atoms with E-state index in [-0.39, 0.29) is 24.9 Å². The molecule has 340 valence electrons. The van der Waals surface area contributed by atoms with Crippen LogP contribution in [0.25, 0.3) is 0 Å². The van der Waals surface area contributed by atoms with Crippen molar-refractivity contribution in [3.8, 4) is 0 Å². The van der Waals surface area contributed by atoms with Gasteiger partial charge in [0.15, 0.2) is 0 Å². The topological polar surface area (TPSA) is 95.9 Å². The summed E-state index contributed by atoms with van der Waals surface area (Å²) in [5.41, 5.74) is 0. The van der Waals surface area contributed by atoms with Crippen molar-refractivity contribution >= 4 is 11.9 Å². The molecular formula is C52H97NO5. The van der Waals surface area contributed by atoms with Crippen LogP contribution in [0.15, 0.2) is 36.5 Å². The van der Waals surface area contributed by atoms with Crippen molar-refractivity contribution in [1.82, 2.24) is 5.32 Å². The number of hydrogen-bond acceptors (Lipinski definition) is 5. The molecule has 0 saturated heterocycles. The maximum Gasteiger partial charge on any atom is 0.306 e. The summed E-state index contributed by atoms with van der Waals surface area (Å²) >= 11 is 0. The van der Waals surface area contributed by atoms with Gasteiger partial charge in [-0.2, -0.15) is 0 Å². The Bertz CT molecular complexity index is 961. The zero-order valence-electron chi connectivity index (χ0n) is 38.7. The third kappa shape index (κ3) is 40.8. The number of aliphatic hydroxyl groups excluding tert-OH is 2. The number of carbonyl (C=O) groups is 2. The van der Waals surface area contributed by atoms with Gasteiger partial charge in [0.1, 0.15) is 6.10 Å². The van der Waals surface area contributed by atoms with Crippen LogP contribution in [0.1, 0.15) is 258 Å². The number of aliphatic hydroxyl groups is 2. The minimum absolute atomic E-state index is 0.0724. The molecule has 3 atom stereocenters. The highest BCUT2D eigenvalue weighted by atomic mass is 16.5. The van der Waals surface area contributed by atoms with Crippen LogP contribution in [0.5, 0.6) is 0 Å². The molecule has 0 aliphatic rings. The molecule has 0 aromatic rings. The average Bonchev–Trinajstić information content (AvgIpc) is 3.22. The second-order valence-electron chi connectivity index (χ2n) is 17.3. The smallest absolute Gasteiger partial charge is 0.306 e. The van der Waals surface area contributed by atoms with Crippen LogP contribution in [-0.4, -0.2) is 46.9 Å². The van der Waals surface area contributed by atoms with Crippen molar-refractivity contribution < 1.29 is 24.5 Å². The molecule has 0 aliphatic carbocycles. The predicted octanol–water partition coefficient (Wildman–Crippen LogP) is 14.9. The Hall–Kier alpha value is -1.92. The Morgan fingerprint density at radius 1 is 0.500 bits per heavy atom. The van der Waals surface area contributed by atoms with Crippen molar-refractivity contribution in [3.63, 3.8) is 0 Å². The van der Waals surface area contributed by atoms with E-state index in [1.807, 2.05) is 0 Å². The van der Waals surface area contributed by atoms with Gasteiger partial charge in [0.2, 0.25) is 5.91 Å². The minimum atomic E-state index is -0.787. The van der Waals surface area contributed by atoms with Gasteiger partial charge in [-0.25, -0.2) is 0 Å². The summed E-state index contributed by atoms with van der Waals surface area (Å²) in [5, 5.41) is 23.7. The fourth-order valence-corrected chi connectivity index (χ4v) is 7.67. The van der Waals surface area contributed by atoms with E-state index in [1.54, 1.807) is 0 Å². The number of amides is 1. The molecule has 6 heteroatoms. The molecule has 3 N–H and O–H groups in total. The summed E-state index contributed by atoms with van der Waals surface area (Å²) in [5.74, 6) is -0.489. The number of ether oxygens (including phenoxy) is 1. The van der Waals surface area contributed by atoms with E-state index < -0.39 is 18.2 Å². The SMILES string of the molecule is CCCCCCC/C=C/C=C/C=C/CCCCCCCC(=O)OC(CCCCCCCCCCCC)CC(=O)NC(CO)C(O)CCCCCCCCCCCCC. The molecule has 6 nitrogen and oxygen atoms in total. The van der Waals surface area contributed by atoms with Crippen molar-refractivity contribution in [2.45, 2.75) is 277 Å². The lowest BCUT2D eigenvalue weighted by molar-refractivity contribution is -0.151. The molecule has 0 fully saturated rings. The zero-order valence-corrected chi connectivity index (χ0v) is 38.7. The lowest BCUT2D eigenvalue weighted by Crippen LogP contribution is -2.46. The van der Waals surface area contributed by atoms with Crippen LogP contribution in [0.2, 0.25) is 0 Å². The summed E-state index contributed by atoms with van der Waals surface area (Å²) in [6.07, 6.45) is 53.4. The summed E-state index contributed by atoms with van der Waals surface area (Å²) in [7, 11) is 0. The maximum atomic E-state index is 13.1. The molecule has 58 heavy (non-hydrogen) atoms. The molecule has 0 aromatic carbocycles. The van der Waals surface area contributed by atoms with Gasteiger partial charge >= 0.3 is 5.97 Å². The van der Waals surface area contributed by atoms with Crippen LogP contribution >= 0.6 is 0 Å². The number of esters is 1. The molecule has 0 saturated carbocycles. The molecule has 0 bridgehead atoms. The van der Waals surface area contributed by atoms with E-state index in [9.17, 15) is 19.8 Å². The van der Waals surface area contributed by atoms with Crippen molar-refractivity contribution in [2.75, 3.05) is 6.61 Å². The second kappa shape index (κ2) is 46.2. The molecule has 3 unspecified atom stereocenters. The van der Waals surface area contributed by atoms with E-state index in [4.69, 9.17) is 4.74 Å². The molecule has 0 aromatic heterocycles. The zero-order chi connectivity index (χ0) is 42.4. The number of unbranched alkanes of at least 4 members (excludes halogenated alkanes) is 29. The van der Waals surface area contributed by atoms with E-state index >= 15 is 0 Å². The van der Waals surface area contributed by atoms with Gasteiger partial charge in [-0.05, 0) is 51.4 Å². The first kappa shape index (κ1) is 56.1. The van der Waals surface area contributed by atoms with Gasteiger partial charge in [0.25, 0.3) is 0 Å². The lowest BCUT2D eigenvalue weighted by Gasteiger charge is -2.24. The Labute approximate surface area is 360 Å². The van der Waals surface area contributed by atoms with Crippen LogP contribution in [-0.2, 0) is 14.3 Å². The second-order valence-corrected chi connectivity index (χ2v) is 17.3. The summed E-state index contributed by atoms with van der Waals surface area (Å²) in [6.45, 7) is 6.45. The van der Waals surface area contributed by atoms with Gasteiger partial charge in [-0.3, -0.25) is 9.59 Å². The average molecular weight is 816 g/mol. The van der Waals surface area contributed by atoms with E-state index in [2.05, 4.69) is 62.5 Å². The van der Waals surface area contributed by atoms with E-state index in [1.165, 1.54) is 141 Å². The predicted molar refractivity (Wildman–Crippen MR) is 250 cm³/mol. The summed E-state index contributed by atoms with van der Waals surface area (Å²) in [4.78, 5) is 26.1. The standard InChI is InChI=1S/C52H97NO5/c1-4-7-10-13-16-19-22-23-24-25-26-27-28-30-33-36-39-42-45-52(57)58-48(43-40-37-34-31-21-18-15-12-9-6-3)46-51(56)53-49(47-54)50(55)44-41-38-35-32-29-20-17-14-11-8-5-2/h22-27,48-50,54-55H,4-21,28-47H2,1-3H3,(H,53,56)/b23-22+,25-24+,27-26+. The molecule has 0 rings (SSSR count). The third-order valence-electron chi connectivity index (χ3n) is 11.5. The molecule has 0 spiro atoms. The summed E-state index contributed by atoms with van der Waals surface area (Å²) < 4.78 is 5.91. The highest BCUT2D eigenvalue weighted by Crippen LogP contribution is 2.18. The van der Waals surface area contributed by atoms with Crippen LogP contribution in [0, 0.1) is 0 Å². The van der Waals surface area contributed by atoms with Crippen LogP contribution < -0.4 is 5.32 Å². The highest BCUT2D eigenvalue weighted by Gasteiger charge is 2.24. The Kier molecular flexibility index (Phi) is 44.6. The van der Waals surface area contributed by atoms with Crippen molar-refractivity contribution in [3.05, 3.63) is 36.5 Å². The van der Waals surface area contributed by atoms with Crippen molar-refractivity contribution in [2.24, 2.45) is 0 Å². The van der Waals surface area contributed by atoms with Gasteiger partial charge in [0, 0.05) is 6.42 Å².